The Morgan fingerprint density at radius 2 is 2.15 bits per heavy atom. The van der Waals surface area contributed by atoms with Crippen molar-refractivity contribution in [3.63, 3.8) is 0 Å². The molecule has 15 nitrogen and oxygen atoms in total. The fraction of sp³-hybridized carbons (Fsp3) is 0.500. The van der Waals surface area contributed by atoms with E-state index >= 15 is 0 Å². The number of amides is 3. The number of carbonyl (C=O) groups excluding carboxylic acids is 3. The van der Waals surface area contributed by atoms with Crippen molar-refractivity contribution < 1.29 is 29.5 Å². The number of nitrogen functional groups attached to an aromatic ring is 1. The highest BCUT2D eigenvalue weighted by atomic mass is 32.2. The lowest BCUT2D eigenvalue weighted by molar-refractivity contribution is -0.150. The number of aromatic nitrogens is 2. The molecular weight excluding hydrogens is 550 g/mol. The maximum atomic E-state index is 13.0. The smallest absolute Gasteiger partial charge is 0.352 e. The predicted octanol–water partition coefficient (Wildman–Crippen LogP) is -1.85. The first-order chi connectivity index (χ1) is 18.8. The first-order valence-electron chi connectivity index (χ1n) is 12.3. The van der Waals surface area contributed by atoms with Crippen LogP contribution in [0.25, 0.3) is 0 Å². The highest BCUT2D eigenvalue weighted by molar-refractivity contribution is 8.00. The summed E-state index contributed by atoms with van der Waals surface area (Å²) in [7, 11) is 0. The molecule has 208 valence electrons. The second kappa shape index (κ2) is 11.3. The lowest BCUT2D eigenvalue weighted by Gasteiger charge is -2.49. The van der Waals surface area contributed by atoms with Crippen LogP contribution in [0.3, 0.4) is 0 Å². The third kappa shape index (κ3) is 5.34. The van der Waals surface area contributed by atoms with Crippen molar-refractivity contribution in [1.29, 1.82) is 0 Å². The van der Waals surface area contributed by atoms with Crippen LogP contribution in [0.5, 0.6) is 0 Å². The molecule has 5 rings (SSSR count). The third-order valence-electron chi connectivity index (χ3n) is 6.89. The van der Waals surface area contributed by atoms with E-state index in [1.807, 2.05) is 0 Å². The molecule has 0 radical (unpaired) electrons. The van der Waals surface area contributed by atoms with Crippen LogP contribution in [-0.2, 0) is 19.2 Å². The number of carboxylic acid groups (broad SMARTS) is 1. The Labute approximate surface area is 230 Å². The zero-order valence-corrected chi connectivity index (χ0v) is 22.3. The number of hydrogen-bond acceptors (Lipinski definition) is 13. The van der Waals surface area contributed by atoms with Crippen LogP contribution < -0.4 is 21.7 Å². The van der Waals surface area contributed by atoms with E-state index in [0.717, 1.165) is 35.9 Å². The van der Waals surface area contributed by atoms with Gasteiger partial charge in [0, 0.05) is 55.1 Å². The molecule has 17 heteroatoms. The van der Waals surface area contributed by atoms with E-state index in [4.69, 9.17) is 5.73 Å². The predicted molar refractivity (Wildman–Crippen MR) is 141 cm³/mol. The summed E-state index contributed by atoms with van der Waals surface area (Å²) in [5.41, 5.74) is 5.64. The third-order valence-corrected chi connectivity index (χ3v) is 8.74. The minimum absolute atomic E-state index is 0.0627. The number of carboxylic acids is 1. The van der Waals surface area contributed by atoms with E-state index in [0.29, 0.717) is 43.2 Å². The fourth-order valence-corrected chi connectivity index (χ4v) is 6.68. The van der Waals surface area contributed by atoms with Gasteiger partial charge in [0.1, 0.15) is 17.1 Å². The standard InChI is InChI=1S/C22H27N9O6S2/c23-22-27-16(29-39-22)13(28-37)17(32)26-14-19(34)31-15(21(35)36)11(9-38-20(14)31)7-10-2-5-30(18(10)33)6-4-25-12-1-3-24-8-12/h7,12,14,20,24-25,37H,1-6,8-9H2,(H,26,32)(H,35,36)(H2,23,27,29)/t12?,14-,20-/m1/s1. The zero-order chi connectivity index (χ0) is 27.7. The first-order valence-corrected chi connectivity index (χ1v) is 14.1. The molecule has 0 bridgehead atoms. The van der Waals surface area contributed by atoms with Crippen molar-refractivity contribution >= 4 is 57.8 Å². The largest absolute Gasteiger partial charge is 0.477 e. The number of nitrogens with zero attached hydrogens (tertiary/aromatic N) is 5. The highest BCUT2D eigenvalue weighted by Crippen LogP contribution is 2.41. The van der Waals surface area contributed by atoms with E-state index in [1.165, 1.54) is 11.8 Å². The zero-order valence-electron chi connectivity index (χ0n) is 20.6. The van der Waals surface area contributed by atoms with Gasteiger partial charge in [0.25, 0.3) is 11.8 Å². The summed E-state index contributed by atoms with van der Waals surface area (Å²) in [6, 6.07) is -0.647. The molecule has 0 spiro atoms. The number of aliphatic carboxylic acids is 1. The van der Waals surface area contributed by atoms with Crippen molar-refractivity contribution in [2.24, 2.45) is 5.16 Å². The van der Waals surface area contributed by atoms with Gasteiger partial charge in [-0.1, -0.05) is 5.16 Å². The lowest BCUT2D eigenvalue weighted by Crippen LogP contribution is -2.71. The Morgan fingerprint density at radius 3 is 2.82 bits per heavy atom. The summed E-state index contributed by atoms with van der Waals surface area (Å²) >= 11 is 2.07. The van der Waals surface area contributed by atoms with Gasteiger partial charge < -0.3 is 36.9 Å². The van der Waals surface area contributed by atoms with Crippen LogP contribution in [0.1, 0.15) is 18.7 Å². The maximum Gasteiger partial charge on any atom is 0.352 e. The van der Waals surface area contributed by atoms with Gasteiger partial charge in [-0.2, -0.15) is 9.36 Å². The summed E-state index contributed by atoms with van der Waals surface area (Å²) in [6.07, 6.45) is 3.12. The number of nitrogens with one attached hydrogen (secondary N) is 3. The molecule has 4 aliphatic heterocycles. The van der Waals surface area contributed by atoms with Gasteiger partial charge in [0.2, 0.25) is 17.4 Å². The molecule has 1 unspecified atom stereocenters. The number of thioether (sulfide) groups is 1. The first kappa shape index (κ1) is 27.0. The van der Waals surface area contributed by atoms with Crippen molar-refractivity contribution in [2.45, 2.75) is 30.3 Å². The summed E-state index contributed by atoms with van der Waals surface area (Å²) in [4.78, 5) is 57.4. The number of rotatable bonds is 9. The lowest BCUT2D eigenvalue weighted by atomic mass is 10.0. The number of allylic oxidation sites excluding steroid dienone is 1. The van der Waals surface area contributed by atoms with Crippen LogP contribution in [0.4, 0.5) is 5.13 Å². The van der Waals surface area contributed by atoms with Crippen LogP contribution in [0, 0.1) is 0 Å². The maximum absolute atomic E-state index is 13.0. The summed E-state index contributed by atoms with van der Waals surface area (Å²) in [5.74, 6) is -2.96. The quantitative estimate of drug-likeness (QED) is 0.0627. The average Bonchev–Trinajstić information content (AvgIpc) is 3.66. The van der Waals surface area contributed by atoms with Gasteiger partial charge in [-0.25, -0.2) is 4.79 Å². The van der Waals surface area contributed by atoms with Gasteiger partial charge in [0.05, 0.1) is 0 Å². The monoisotopic (exact) mass is 577 g/mol. The van der Waals surface area contributed by atoms with Gasteiger partial charge in [-0.3, -0.25) is 19.3 Å². The SMILES string of the molecule is Nc1nc(C(=NO)C(=O)N[C@@H]2C(=O)N3C(C(=O)O)=C(C=C4CCN(CCNC5CCNC5)C4=O)CS[C@H]23)ns1. The number of β-lactam (4-membered cyclic amide) rings is 1. The van der Waals surface area contributed by atoms with E-state index in [1.54, 1.807) is 11.0 Å². The van der Waals surface area contributed by atoms with Gasteiger partial charge in [-0.05, 0) is 31.0 Å². The number of likely N-dealkylation sites (tertiary alicyclic amines) is 1. The van der Waals surface area contributed by atoms with E-state index in [2.05, 4.69) is 30.5 Å². The molecule has 39 heavy (non-hydrogen) atoms. The Morgan fingerprint density at radius 1 is 1.33 bits per heavy atom. The Kier molecular flexibility index (Phi) is 7.83. The summed E-state index contributed by atoms with van der Waals surface area (Å²) < 4.78 is 3.82. The van der Waals surface area contributed by atoms with Gasteiger partial charge >= 0.3 is 5.97 Å². The normalized spacial score (nSPS) is 26.3. The topological polar surface area (TPSA) is 215 Å². The number of nitrogens with two attached hydrogens (primary N) is 1. The van der Waals surface area contributed by atoms with Crippen molar-refractivity contribution in [3.8, 4) is 0 Å². The van der Waals surface area contributed by atoms with E-state index in [-0.39, 0.29) is 28.3 Å². The number of fused-ring (bicyclic) bond motifs is 1. The Bertz CT molecular complexity index is 1290. The molecule has 0 aromatic carbocycles. The average molecular weight is 578 g/mol. The van der Waals surface area contributed by atoms with Crippen molar-refractivity contribution in [2.75, 3.05) is 44.2 Å². The molecule has 3 atom stereocenters. The Balaban J connectivity index is 1.25. The Hall–Kier alpha value is -3.54. The molecule has 1 aromatic rings. The second-order valence-electron chi connectivity index (χ2n) is 9.30. The number of carbonyl (C=O) groups is 4. The van der Waals surface area contributed by atoms with Crippen LogP contribution in [0.15, 0.2) is 28.1 Å². The molecule has 5 heterocycles. The second-order valence-corrected chi connectivity index (χ2v) is 11.2. The van der Waals surface area contributed by atoms with Crippen LogP contribution in [-0.4, -0.2) is 115 Å². The van der Waals surface area contributed by atoms with E-state index in [9.17, 15) is 29.5 Å². The number of oxime groups is 1. The molecule has 3 fully saturated rings. The molecule has 0 aliphatic carbocycles. The number of hydrogen-bond donors (Lipinski definition) is 6. The highest BCUT2D eigenvalue weighted by Gasteiger charge is 2.54. The van der Waals surface area contributed by atoms with Gasteiger partial charge in [-0.15, -0.1) is 11.8 Å². The molecule has 1 aromatic heterocycles. The molecule has 7 N–H and O–H groups in total. The van der Waals surface area contributed by atoms with E-state index < -0.39 is 34.9 Å². The number of anilines is 1. The van der Waals surface area contributed by atoms with Crippen LogP contribution in [0.2, 0.25) is 0 Å². The summed E-state index contributed by atoms with van der Waals surface area (Å²) in [6.45, 7) is 3.68. The van der Waals surface area contributed by atoms with Gasteiger partial charge in [0.15, 0.2) is 5.13 Å². The molecule has 3 amide bonds. The van der Waals surface area contributed by atoms with Crippen molar-refractivity contribution in [3.05, 3.63) is 28.7 Å². The minimum Gasteiger partial charge on any atom is -0.477 e. The minimum atomic E-state index is -1.30. The molecular formula is C22H27N9O6S2. The van der Waals surface area contributed by atoms with Crippen molar-refractivity contribution in [1.82, 2.24) is 35.1 Å². The van der Waals surface area contributed by atoms with Crippen LogP contribution >= 0.6 is 23.3 Å². The summed E-state index contributed by atoms with van der Waals surface area (Å²) in [5, 5.41) is 30.7. The molecule has 0 saturated carbocycles. The fourth-order valence-electron chi connectivity index (χ4n) is 4.94. The molecule has 3 saturated heterocycles. The molecule has 4 aliphatic rings.